The lowest BCUT2D eigenvalue weighted by Crippen LogP contribution is -2.43. The SMILES string of the molecule is Cc1cccnc1NC(=O)NCC(O)CN1CCc2ccccc2C1. The van der Waals surface area contributed by atoms with Crippen LogP contribution in [0.2, 0.25) is 0 Å². The number of aryl methyl sites for hydroxylation is 1. The summed E-state index contributed by atoms with van der Waals surface area (Å²) in [5.74, 6) is 0.530. The van der Waals surface area contributed by atoms with Crippen molar-refractivity contribution in [2.45, 2.75) is 26.0 Å². The molecule has 0 fully saturated rings. The van der Waals surface area contributed by atoms with Crippen molar-refractivity contribution >= 4 is 11.8 Å². The smallest absolute Gasteiger partial charge is 0.320 e. The maximum Gasteiger partial charge on any atom is 0.320 e. The average Bonchev–Trinajstić information content (AvgIpc) is 2.62. The Kier molecular flexibility index (Phi) is 5.63. The summed E-state index contributed by atoms with van der Waals surface area (Å²) >= 11 is 0. The monoisotopic (exact) mass is 340 g/mol. The number of benzene rings is 1. The number of anilines is 1. The molecule has 6 heteroatoms. The molecule has 0 radical (unpaired) electrons. The molecule has 0 aliphatic carbocycles. The molecule has 0 saturated heterocycles. The van der Waals surface area contributed by atoms with Crippen molar-refractivity contribution in [1.82, 2.24) is 15.2 Å². The van der Waals surface area contributed by atoms with Crippen LogP contribution in [-0.4, -0.2) is 46.8 Å². The van der Waals surface area contributed by atoms with Crippen LogP contribution in [0, 0.1) is 6.92 Å². The van der Waals surface area contributed by atoms with Gasteiger partial charge in [0.2, 0.25) is 0 Å². The Morgan fingerprint density at radius 1 is 1.28 bits per heavy atom. The summed E-state index contributed by atoms with van der Waals surface area (Å²) in [6, 6.07) is 11.7. The second kappa shape index (κ2) is 8.09. The number of β-amino-alcohol motifs (C(OH)–C–C–N with tert-alkyl or cyclic N) is 1. The molecule has 3 rings (SSSR count). The van der Waals surface area contributed by atoms with E-state index < -0.39 is 6.10 Å². The molecule has 6 nitrogen and oxygen atoms in total. The van der Waals surface area contributed by atoms with E-state index >= 15 is 0 Å². The number of aromatic nitrogens is 1. The van der Waals surface area contributed by atoms with E-state index in [4.69, 9.17) is 0 Å². The van der Waals surface area contributed by atoms with Crippen molar-refractivity contribution in [2.75, 3.05) is 25.0 Å². The number of fused-ring (bicyclic) bond motifs is 1. The molecular formula is C19H24N4O2. The van der Waals surface area contributed by atoms with E-state index in [0.717, 1.165) is 25.1 Å². The molecule has 1 aliphatic heterocycles. The first-order valence-corrected chi connectivity index (χ1v) is 8.55. The summed E-state index contributed by atoms with van der Waals surface area (Å²) in [4.78, 5) is 18.3. The molecule has 2 amide bonds. The summed E-state index contributed by atoms with van der Waals surface area (Å²) in [7, 11) is 0. The third-order valence-electron chi connectivity index (χ3n) is 4.42. The van der Waals surface area contributed by atoms with Gasteiger partial charge in [0.05, 0.1) is 6.10 Å². The zero-order valence-corrected chi connectivity index (χ0v) is 14.4. The van der Waals surface area contributed by atoms with E-state index in [-0.39, 0.29) is 12.6 Å². The highest BCUT2D eigenvalue weighted by molar-refractivity contribution is 5.88. The zero-order chi connectivity index (χ0) is 17.6. The van der Waals surface area contributed by atoms with Crippen molar-refractivity contribution in [1.29, 1.82) is 0 Å². The van der Waals surface area contributed by atoms with E-state index in [1.807, 2.05) is 25.1 Å². The summed E-state index contributed by atoms with van der Waals surface area (Å²) in [6.07, 6.45) is 2.02. The predicted molar refractivity (Wildman–Crippen MR) is 97.4 cm³/mol. The second-order valence-corrected chi connectivity index (χ2v) is 6.41. The number of rotatable bonds is 5. The van der Waals surface area contributed by atoms with Crippen LogP contribution in [0.3, 0.4) is 0 Å². The molecule has 0 spiro atoms. The zero-order valence-electron chi connectivity index (χ0n) is 14.4. The Morgan fingerprint density at radius 2 is 2.08 bits per heavy atom. The number of aliphatic hydroxyl groups excluding tert-OH is 1. The van der Waals surface area contributed by atoms with Gasteiger partial charge < -0.3 is 10.4 Å². The third-order valence-corrected chi connectivity index (χ3v) is 4.42. The first-order chi connectivity index (χ1) is 12.1. The minimum absolute atomic E-state index is 0.204. The standard InChI is InChI=1S/C19H24N4O2/c1-14-5-4-9-20-18(14)22-19(25)21-11-17(24)13-23-10-8-15-6-2-3-7-16(15)12-23/h2-7,9,17,24H,8,10-13H2,1H3,(H2,20,21,22,25). The average molecular weight is 340 g/mol. The molecule has 0 bridgehead atoms. The van der Waals surface area contributed by atoms with Crippen LogP contribution in [0.4, 0.5) is 10.6 Å². The van der Waals surface area contributed by atoms with Crippen LogP contribution in [0.15, 0.2) is 42.6 Å². The quantitative estimate of drug-likeness (QED) is 0.777. The van der Waals surface area contributed by atoms with E-state index in [9.17, 15) is 9.90 Å². The van der Waals surface area contributed by atoms with Gasteiger partial charge in [0.1, 0.15) is 5.82 Å². The molecule has 132 valence electrons. The van der Waals surface area contributed by atoms with Gasteiger partial charge in [0.25, 0.3) is 0 Å². The van der Waals surface area contributed by atoms with Gasteiger partial charge in [-0.2, -0.15) is 0 Å². The lowest BCUT2D eigenvalue weighted by atomic mass is 10.00. The predicted octanol–water partition coefficient (Wildman–Crippen LogP) is 1.93. The third kappa shape index (κ3) is 4.78. The number of amides is 2. The van der Waals surface area contributed by atoms with Crippen molar-refractivity contribution in [3.05, 3.63) is 59.3 Å². The molecule has 3 N–H and O–H groups in total. The number of aliphatic hydroxyl groups is 1. The van der Waals surface area contributed by atoms with Crippen molar-refractivity contribution in [3.63, 3.8) is 0 Å². The Labute approximate surface area is 147 Å². The van der Waals surface area contributed by atoms with Crippen LogP contribution in [0.25, 0.3) is 0 Å². The molecule has 1 aromatic heterocycles. The van der Waals surface area contributed by atoms with Gasteiger partial charge in [-0.25, -0.2) is 9.78 Å². The number of nitrogens with one attached hydrogen (secondary N) is 2. The van der Waals surface area contributed by atoms with Gasteiger partial charge >= 0.3 is 6.03 Å². The second-order valence-electron chi connectivity index (χ2n) is 6.41. The molecule has 2 aromatic rings. The maximum atomic E-state index is 11.9. The van der Waals surface area contributed by atoms with Crippen molar-refractivity contribution in [3.8, 4) is 0 Å². The Hall–Kier alpha value is -2.44. The summed E-state index contributed by atoms with van der Waals surface area (Å²) in [5.41, 5.74) is 3.60. The first-order valence-electron chi connectivity index (χ1n) is 8.55. The van der Waals surface area contributed by atoms with E-state index in [0.29, 0.717) is 12.4 Å². The number of nitrogens with zero attached hydrogens (tertiary/aromatic N) is 2. The van der Waals surface area contributed by atoms with E-state index in [2.05, 4.69) is 38.7 Å². The highest BCUT2D eigenvalue weighted by Gasteiger charge is 2.18. The van der Waals surface area contributed by atoms with Crippen molar-refractivity contribution < 1.29 is 9.90 Å². The minimum Gasteiger partial charge on any atom is -0.390 e. The van der Waals surface area contributed by atoms with E-state index in [1.54, 1.807) is 6.20 Å². The van der Waals surface area contributed by atoms with Gasteiger partial charge in [-0.05, 0) is 36.1 Å². The van der Waals surface area contributed by atoms with Crippen LogP contribution < -0.4 is 10.6 Å². The number of hydrogen-bond donors (Lipinski definition) is 3. The highest BCUT2D eigenvalue weighted by atomic mass is 16.3. The van der Waals surface area contributed by atoms with Gasteiger partial charge in [0, 0.05) is 32.4 Å². The lowest BCUT2D eigenvalue weighted by molar-refractivity contribution is 0.106. The molecule has 0 saturated carbocycles. The number of carbonyl (C=O) groups excluding carboxylic acids is 1. The molecule has 2 heterocycles. The van der Waals surface area contributed by atoms with Crippen LogP contribution in [-0.2, 0) is 13.0 Å². The molecule has 1 atom stereocenters. The fraction of sp³-hybridized carbons (Fsp3) is 0.368. The summed E-state index contributed by atoms with van der Waals surface area (Å²) in [5, 5.41) is 15.6. The normalized spacial score (nSPS) is 15.3. The van der Waals surface area contributed by atoms with Gasteiger partial charge in [-0.15, -0.1) is 0 Å². The fourth-order valence-electron chi connectivity index (χ4n) is 3.05. The molecule has 1 unspecified atom stereocenters. The van der Waals surface area contributed by atoms with Gasteiger partial charge in [-0.1, -0.05) is 30.3 Å². The topological polar surface area (TPSA) is 77.5 Å². The molecular weight excluding hydrogens is 316 g/mol. The molecule has 1 aromatic carbocycles. The largest absolute Gasteiger partial charge is 0.390 e. The Morgan fingerprint density at radius 3 is 2.88 bits per heavy atom. The Bertz CT molecular complexity index is 735. The van der Waals surface area contributed by atoms with Crippen LogP contribution in [0.5, 0.6) is 0 Å². The Balaban J connectivity index is 1.43. The number of hydrogen-bond acceptors (Lipinski definition) is 4. The maximum absolute atomic E-state index is 11.9. The van der Waals surface area contributed by atoms with E-state index in [1.165, 1.54) is 11.1 Å². The number of carbonyl (C=O) groups is 1. The van der Waals surface area contributed by atoms with Crippen LogP contribution in [0.1, 0.15) is 16.7 Å². The number of pyridine rings is 1. The molecule has 1 aliphatic rings. The fourth-order valence-corrected chi connectivity index (χ4v) is 3.05. The van der Waals surface area contributed by atoms with Crippen molar-refractivity contribution in [2.24, 2.45) is 0 Å². The number of urea groups is 1. The lowest BCUT2D eigenvalue weighted by Gasteiger charge is -2.30. The first kappa shape index (κ1) is 17.4. The van der Waals surface area contributed by atoms with Crippen LogP contribution >= 0.6 is 0 Å². The molecule has 25 heavy (non-hydrogen) atoms. The minimum atomic E-state index is -0.610. The summed E-state index contributed by atoms with van der Waals surface area (Å²) in [6.45, 7) is 4.39. The summed E-state index contributed by atoms with van der Waals surface area (Å²) < 4.78 is 0. The van der Waals surface area contributed by atoms with Gasteiger partial charge in [0.15, 0.2) is 0 Å². The van der Waals surface area contributed by atoms with Gasteiger partial charge in [-0.3, -0.25) is 10.2 Å². The highest BCUT2D eigenvalue weighted by Crippen LogP contribution is 2.18.